The SMILES string of the molecule is CCNC(=NCC(c1cccnc1)C(C)C)N1CC2CCCCC2C1. The zero-order valence-corrected chi connectivity index (χ0v) is 16.1. The summed E-state index contributed by atoms with van der Waals surface area (Å²) < 4.78 is 0. The maximum Gasteiger partial charge on any atom is 0.193 e. The molecule has 1 saturated heterocycles. The van der Waals surface area contributed by atoms with Crippen LogP contribution in [0.2, 0.25) is 0 Å². The molecule has 2 aliphatic rings. The van der Waals surface area contributed by atoms with E-state index in [0.717, 1.165) is 30.9 Å². The smallest absolute Gasteiger partial charge is 0.193 e. The number of aliphatic imine (C=N–C) groups is 1. The second-order valence-electron chi connectivity index (χ2n) is 8.04. The van der Waals surface area contributed by atoms with Crippen LogP contribution in [-0.2, 0) is 0 Å². The Balaban J connectivity index is 1.71. The predicted octanol–water partition coefficient (Wildman–Crippen LogP) is 3.91. The minimum atomic E-state index is 0.423. The second kappa shape index (κ2) is 8.68. The van der Waals surface area contributed by atoms with Crippen LogP contribution in [0.4, 0.5) is 0 Å². The Kier molecular flexibility index (Phi) is 6.33. The molecule has 1 saturated carbocycles. The number of fused-ring (bicyclic) bond motifs is 1. The maximum absolute atomic E-state index is 5.06. The van der Waals surface area contributed by atoms with Crippen molar-refractivity contribution in [3.05, 3.63) is 30.1 Å². The molecule has 1 aliphatic carbocycles. The van der Waals surface area contributed by atoms with Gasteiger partial charge in [-0.15, -0.1) is 0 Å². The molecule has 1 N–H and O–H groups in total. The topological polar surface area (TPSA) is 40.5 Å². The van der Waals surface area contributed by atoms with Crippen molar-refractivity contribution in [2.24, 2.45) is 22.7 Å². The van der Waals surface area contributed by atoms with Crippen LogP contribution in [0.5, 0.6) is 0 Å². The summed E-state index contributed by atoms with van der Waals surface area (Å²) in [5, 5.41) is 3.54. The van der Waals surface area contributed by atoms with E-state index in [4.69, 9.17) is 4.99 Å². The van der Waals surface area contributed by atoms with Gasteiger partial charge >= 0.3 is 0 Å². The lowest BCUT2D eigenvalue weighted by atomic mass is 9.82. The number of hydrogen-bond acceptors (Lipinski definition) is 2. The van der Waals surface area contributed by atoms with Gasteiger partial charge in [0.2, 0.25) is 0 Å². The molecule has 3 unspecified atom stereocenters. The van der Waals surface area contributed by atoms with Crippen LogP contribution in [0.15, 0.2) is 29.5 Å². The Hall–Kier alpha value is -1.58. The van der Waals surface area contributed by atoms with E-state index in [-0.39, 0.29) is 0 Å². The zero-order chi connectivity index (χ0) is 17.6. The third-order valence-electron chi connectivity index (χ3n) is 5.97. The van der Waals surface area contributed by atoms with Crippen LogP contribution in [0.3, 0.4) is 0 Å². The van der Waals surface area contributed by atoms with E-state index in [1.807, 2.05) is 18.5 Å². The lowest BCUT2D eigenvalue weighted by Gasteiger charge is -2.24. The molecule has 0 spiro atoms. The second-order valence-corrected chi connectivity index (χ2v) is 8.04. The lowest BCUT2D eigenvalue weighted by Crippen LogP contribution is -2.40. The maximum atomic E-state index is 5.06. The van der Waals surface area contributed by atoms with E-state index >= 15 is 0 Å². The van der Waals surface area contributed by atoms with E-state index < -0.39 is 0 Å². The molecule has 2 heterocycles. The summed E-state index contributed by atoms with van der Waals surface area (Å²) in [6.45, 7) is 10.9. The van der Waals surface area contributed by atoms with Gasteiger partial charge in [-0.1, -0.05) is 32.8 Å². The first-order chi connectivity index (χ1) is 12.2. The molecule has 4 heteroatoms. The van der Waals surface area contributed by atoms with Gasteiger partial charge in [-0.05, 0) is 49.1 Å². The highest BCUT2D eigenvalue weighted by atomic mass is 15.3. The Bertz CT molecular complexity index is 540. The van der Waals surface area contributed by atoms with Crippen molar-refractivity contribution in [3.8, 4) is 0 Å². The van der Waals surface area contributed by atoms with Gasteiger partial charge in [0.25, 0.3) is 0 Å². The summed E-state index contributed by atoms with van der Waals surface area (Å²) in [6, 6.07) is 4.22. The summed E-state index contributed by atoms with van der Waals surface area (Å²) in [4.78, 5) is 11.9. The van der Waals surface area contributed by atoms with Gasteiger partial charge in [0.15, 0.2) is 5.96 Å². The molecule has 4 nitrogen and oxygen atoms in total. The third kappa shape index (κ3) is 4.53. The summed E-state index contributed by atoms with van der Waals surface area (Å²) in [5.74, 6) is 3.87. The fourth-order valence-corrected chi connectivity index (χ4v) is 4.49. The van der Waals surface area contributed by atoms with Crippen molar-refractivity contribution in [2.45, 2.75) is 52.4 Å². The molecule has 3 atom stereocenters. The number of rotatable bonds is 5. The fourth-order valence-electron chi connectivity index (χ4n) is 4.49. The quantitative estimate of drug-likeness (QED) is 0.651. The highest BCUT2D eigenvalue weighted by molar-refractivity contribution is 5.80. The van der Waals surface area contributed by atoms with Gasteiger partial charge in [-0.25, -0.2) is 0 Å². The van der Waals surface area contributed by atoms with Crippen molar-refractivity contribution in [1.29, 1.82) is 0 Å². The number of nitrogens with one attached hydrogen (secondary N) is 1. The van der Waals surface area contributed by atoms with Crippen molar-refractivity contribution >= 4 is 5.96 Å². The minimum Gasteiger partial charge on any atom is -0.357 e. The van der Waals surface area contributed by atoms with E-state index in [1.54, 1.807) is 0 Å². The molecular weight excluding hydrogens is 308 g/mol. The molecule has 0 aromatic carbocycles. The number of pyridine rings is 1. The van der Waals surface area contributed by atoms with Gasteiger partial charge in [0.05, 0.1) is 0 Å². The van der Waals surface area contributed by atoms with Crippen molar-refractivity contribution in [2.75, 3.05) is 26.2 Å². The first kappa shape index (κ1) is 18.2. The highest BCUT2D eigenvalue weighted by Gasteiger charge is 2.35. The summed E-state index contributed by atoms with van der Waals surface area (Å²) in [5.41, 5.74) is 1.30. The number of nitrogens with zero attached hydrogens (tertiary/aromatic N) is 3. The monoisotopic (exact) mass is 342 g/mol. The van der Waals surface area contributed by atoms with Gasteiger partial charge in [0.1, 0.15) is 0 Å². The average Bonchev–Trinajstić information content (AvgIpc) is 3.05. The Morgan fingerprint density at radius 1 is 1.28 bits per heavy atom. The Labute approximate surface area is 153 Å². The molecule has 1 aromatic heterocycles. The van der Waals surface area contributed by atoms with Crippen LogP contribution >= 0.6 is 0 Å². The van der Waals surface area contributed by atoms with Crippen LogP contribution in [-0.4, -0.2) is 42.0 Å². The molecule has 3 rings (SSSR count). The molecule has 25 heavy (non-hydrogen) atoms. The lowest BCUT2D eigenvalue weighted by molar-refractivity contribution is 0.299. The number of aromatic nitrogens is 1. The first-order valence-electron chi connectivity index (χ1n) is 10.1. The van der Waals surface area contributed by atoms with Crippen LogP contribution in [0, 0.1) is 17.8 Å². The molecule has 1 aliphatic heterocycles. The van der Waals surface area contributed by atoms with Crippen molar-refractivity contribution in [1.82, 2.24) is 15.2 Å². The summed E-state index contributed by atoms with van der Waals surface area (Å²) in [6.07, 6.45) is 9.49. The van der Waals surface area contributed by atoms with Crippen LogP contribution < -0.4 is 5.32 Å². The molecule has 2 fully saturated rings. The molecule has 0 radical (unpaired) electrons. The molecule has 0 amide bonds. The Morgan fingerprint density at radius 3 is 2.56 bits per heavy atom. The van der Waals surface area contributed by atoms with Crippen molar-refractivity contribution < 1.29 is 0 Å². The largest absolute Gasteiger partial charge is 0.357 e. The first-order valence-corrected chi connectivity index (χ1v) is 10.1. The highest BCUT2D eigenvalue weighted by Crippen LogP contribution is 2.36. The van der Waals surface area contributed by atoms with E-state index in [0.29, 0.717) is 11.8 Å². The summed E-state index contributed by atoms with van der Waals surface area (Å²) in [7, 11) is 0. The van der Waals surface area contributed by atoms with E-state index in [2.05, 4.69) is 42.0 Å². The molecular formula is C21H34N4. The zero-order valence-electron chi connectivity index (χ0n) is 16.1. The fraction of sp³-hybridized carbons (Fsp3) is 0.714. The minimum absolute atomic E-state index is 0.423. The molecule has 0 bridgehead atoms. The van der Waals surface area contributed by atoms with Gasteiger partial charge in [0, 0.05) is 44.5 Å². The third-order valence-corrected chi connectivity index (χ3v) is 5.97. The van der Waals surface area contributed by atoms with Gasteiger partial charge in [-0.2, -0.15) is 0 Å². The number of guanidine groups is 1. The number of likely N-dealkylation sites (tertiary alicyclic amines) is 1. The van der Waals surface area contributed by atoms with E-state index in [1.165, 1.54) is 44.3 Å². The standard InChI is InChI=1S/C21H34N4/c1-4-23-21(25-14-18-8-5-6-9-19(18)15-25)24-13-20(16(2)3)17-10-7-11-22-12-17/h7,10-12,16,18-20H,4-6,8-9,13-15H2,1-3H3,(H,23,24). The normalized spacial score (nSPS) is 25.1. The Morgan fingerprint density at radius 2 is 2.00 bits per heavy atom. The van der Waals surface area contributed by atoms with E-state index in [9.17, 15) is 0 Å². The van der Waals surface area contributed by atoms with Crippen LogP contribution in [0.1, 0.15) is 57.9 Å². The summed E-state index contributed by atoms with van der Waals surface area (Å²) >= 11 is 0. The van der Waals surface area contributed by atoms with Gasteiger partial charge in [-0.3, -0.25) is 9.98 Å². The number of hydrogen-bond donors (Lipinski definition) is 1. The predicted molar refractivity (Wildman–Crippen MR) is 105 cm³/mol. The average molecular weight is 343 g/mol. The molecule has 1 aromatic rings. The molecule has 138 valence electrons. The van der Waals surface area contributed by atoms with Crippen molar-refractivity contribution in [3.63, 3.8) is 0 Å². The van der Waals surface area contributed by atoms with Gasteiger partial charge < -0.3 is 10.2 Å². The van der Waals surface area contributed by atoms with Crippen LogP contribution in [0.25, 0.3) is 0 Å².